The first-order valence-electron chi connectivity index (χ1n) is 6.48. The highest BCUT2D eigenvalue weighted by Crippen LogP contribution is 2.13. The summed E-state index contributed by atoms with van der Waals surface area (Å²) in [4.78, 5) is 0. The number of hydrogen-bond acceptors (Lipinski definition) is 3. The molecule has 0 bridgehead atoms. The largest absolute Gasteiger partial charge is 0.381 e. The summed E-state index contributed by atoms with van der Waals surface area (Å²) < 4.78 is 11.1. The fourth-order valence-electron chi connectivity index (χ4n) is 1.62. The molecule has 0 amide bonds. The van der Waals surface area contributed by atoms with Gasteiger partial charge in [-0.1, -0.05) is 6.92 Å². The van der Waals surface area contributed by atoms with Gasteiger partial charge >= 0.3 is 0 Å². The lowest BCUT2D eigenvalue weighted by molar-refractivity contribution is 0.0331. The van der Waals surface area contributed by atoms with Crippen LogP contribution in [0.15, 0.2) is 0 Å². The molecule has 1 saturated heterocycles. The summed E-state index contributed by atoms with van der Waals surface area (Å²) in [5.74, 6) is 0.613. The Morgan fingerprint density at radius 3 is 2.81 bits per heavy atom. The monoisotopic (exact) mass is 229 g/mol. The van der Waals surface area contributed by atoms with Gasteiger partial charge in [0.2, 0.25) is 0 Å². The van der Waals surface area contributed by atoms with E-state index in [2.05, 4.69) is 33.0 Å². The van der Waals surface area contributed by atoms with Crippen molar-refractivity contribution in [2.45, 2.75) is 52.2 Å². The van der Waals surface area contributed by atoms with Crippen molar-refractivity contribution in [3.63, 3.8) is 0 Å². The molecular formula is C13H27NO2. The summed E-state index contributed by atoms with van der Waals surface area (Å²) in [5, 5.41) is 3.53. The summed E-state index contributed by atoms with van der Waals surface area (Å²) in [6.45, 7) is 12.3. The first kappa shape index (κ1) is 13.9. The molecule has 0 aliphatic carbocycles. The Morgan fingerprint density at radius 2 is 2.25 bits per heavy atom. The van der Waals surface area contributed by atoms with Crippen LogP contribution in [-0.2, 0) is 9.47 Å². The van der Waals surface area contributed by atoms with E-state index in [9.17, 15) is 0 Å². The molecule has 1 rings (SSSR count). The van der Waals surface area contributed by atoms with Crippen molar-refractivity contribution in [3.05, 3.63) is 0 Å². The molecule has 1 fully saturated rings. The standard InChI is InChI=1S/C13H27NO2/c1-5-13(3,4)14-8-11(2)16-10-12-6-7-15-9-12/h11-12,14H,5-10H2,1-4H3. The highest BCUT2D eigenvalue weighted by atomic mass is 16.5. The molecule has 1 heterocycles. The molecule has 1 aliphatic rings. The van der Waals surface area contributed by atoms with E-state index in [1.54, 1.807) is 0 Å². The van der Waals surface area contributed by atoms with Crippen molar-refractivity contribution in [1.82, 2.24) is 5.32 Å². The summed E-state index contributed by atoms with van der Waals surface area (Å²) in [6, 6.07) is 0. The molecule has 0 spiro atoms. The van der Waals surface area contributed by atoms with E-state index in [-0.39, 0.29) is 11.6 Å². The minimum Gasteiger partial charge on any atom is -0.381 e. The van der Waals surface area contributed by atoms with E-state index >= 15 is 0 Å². The van der Waals surface area contributed by atoms with Crippen LogP contribution in [0.2, 0.25) is 0 Å². The van der Waals surface area contributed by atoms with Crippen LogP contribution < -0.4 is 5.32 Å². The summed E-state index contributed by atoms with van der Waals surface area (Å²) >= 11 is 0. The Hall–Kier alpha value is -0.120. The predicted octanol–water partition coefficient (Wildman–Crippen LogP) is 2.21. The second kappa shape index (κ2) is 6.58. The highest BCUT2D eigenvalue weighted by Gasteiger charge is 2.18. The van der Waals surface area contributed by atoms with Crippen LogP contribution >= 0.6 is 0 Å². The highest BCUT2D eigenvalue weighted by molar-refractivity contribution is 4.76. The molecule has 0 saturated carbocycles. The number of rotatable bonds is 7. The quantitative estimate of drug-likeness (QED) is 0.726. The fraction of sp³-hybridized carbons (Fsp3) is 1.00. The third-order valence-corrected chi connectivity index (χ3v) is 3.39. The molecule has 3 heteroatoms. The summed E-state index contributed by atoms with van der Waals surface area (Å²) in [6.07, 6.45) is 2.57. The van der Waals surface area contributed by atoms with Gasteiger partial charge in [0.15, 0.2) is 0 Å². The van der Waals surface area contributed by atoms with Crippen molar-refractivity contribution in [2.24, 2.45) is 5.92 Å². The Kier molecular flexibility index (Phi) is 5.73. The van der Waals surface area contributed by atoms with E-state index in [0.29, 0.717) is 5.92 Å². The first-order chi connectivity index (χ1) is 7.53. The lowest BCUT2D eigenvalue weighted by Gasteiger charge is -2.27. The minimum absolute atomic E-state index is 0.216. The Labute approximate surface area is 99.9 Å². The third-order valence-electron chi connectivity index (χ3n) is 3.39. The smallest absolute Gasteiger partial charge is 0.0671 e. The normalized spacial score (nSPS) is 23.6. The van der Waals surface area contributed by atoms with Gasteiger partial charge in [-0.05, 0) is 33.6 Å². The Morgan fingerprint density at radius 1 is 1.50 bits per heavy atom. The van der Waals surface area contributed by atoms with Crippen LogP contribution in [0.5, 0.6) is 0 Å². The second-order valence-electron chi connectivity index (χ2n) is 5.49. The first-order valence-corrected chi connectivity index (χ1v) is 6.48. The molecule has 96 valence electrons. The maximum atomic E-state index is 5.82. The van der Waals surface area contributed by atoms with Gasteiger partial charge in [0.05, 0.1) is 19.3 Å². The van der Waals surface area contributed by atoms with Gasteiger partial charge in [-0.25, -0.2) is 0 Å². The van der Waals surface area contributed by atoms with Crippen LogP contribution in [0.3, 0.4) is 0 Å². The molecule has 0 aromatic rings. The molecule has 1 N–H and O–H groups in total. The van der Waals surface area contributed by atoms with Crippen LogP contribution in [-0.4, -0.2) is 38.0 Å². The average Bonchev–Trinajstić information content (AvgIpc) is 2.76. The van der Waals surface area contributed by atoms with Gasteiger partial charge in [-0.3, -0.25) is 0 Å². The maximum Gasteiger partial charge on any atom is 0.0671 e. The van der Waals surface area contributed by atoms with Crippen LogP contribution in [0.25, 0.3) is 0 Å². The van der Waals surface area contributed by atoms with E-state index in [4.69, 9.17) is 9.47 Å². The van der Waals surface area contributed by atoms with Crippen LogP contribution in [0.1, 0.15) is 40.5 Å². The van der Waals surface area contributed by atoms with Crippen molar-refractivity contribution in [3.8, 4) is 0 Å². The Bertz CT molecular complexity index is 188. The predicted molar refractivity (Wildman–Crippen MR) is 66.7 cm³/mol. The van der Waals surface area contributed by atoms with Gasteiger partial charge < -0.3 is 14.8 Å². The van der Waals surface area contributed by atoms with E-state index in [0.717, 1.165) is 39.2 Å². The lowest BCUT2D eigenvalue weighted by atomic mass is 10.0. The topological polar surface area (TPSA) is 30.5 Å². The molecule has 0 radical (unpaired) electrons. The summed E-state index contributed by atoms with van der Waals surface area (Å²) in [7, 11) is 0. The van der Waals surface area contributed by atoms with Gasteiger partial charge in [-0.2, -0.15) is 0 Å². The van der Waals surface area contributed by atoms with Gasteiger partial charge in [-0.15, -0.1) is 0 Å². The second-order valence-corrected chi connectivity index (χ2v) is 5.49. The molecule has 3 nitrogen and oxygen atoms in total. The van der Waals surface area contributed by atoms with E-state index in [1.807, 2.05) is 0 Å². The third kappa shape index (κ3) is 5.28. The van der Waals surface area contributed by atoms with Crippen LogP contribution in [0.4, 0.5) is 0 Å². The van der Waals surface area contributed by atoms with Gasteiger partial charge in [0.25, 0.3) is 0 Å². The molecular weight excluding hydrogens is 202 g/mol. The zero-order valence-electron chi connectivity index (χ0n) is 11.2. The zero-order valence-corrected chi connectivity index (χ0v) is 11.2. The number of hydrogen-bond donors (Lipinski definition) is 1. The molecule has 2 atom stereocenters. The summed E-state index contributed by atoms with van der Waals surface area (Å²) in [5.41, 5.74) is 0.216. The Balaban J connectivity index is 2.08. The van der Waals surface area contributed by atoms with Crippen molar-refractivity contribution in [2.75, 3.05) is 26.4 Å². The van der Waals surface area contributed by atoms with Crippen molar-refractivity contribution in [1.29, 1.82) is 0 Å². The van der Waals surface area contributed by atoms with Crippen molar-refractivity contribution < 1.29 is 9.47 Å². The fourth-order valence-corrected chi connectivity index (χ4v) is 1.62. The van der Waals surface area contributed by atoms with E-state index in [1.165, 1.54) is 0 Å². The number of ether oxygens (including phenoxy) is 2. The zero-order chi connectivity index (χ0) is 12.0. The molecule has 2 unspecified atom stereocenters. The SMILES string of the molecule is CCC(C)(C)NCC(C)OCC1CCOC1. The average molecular weight is 229 g/mol. The maximum absolute atomic E-state index is 5.82. The van der Waals surface area contributed by atoms with E-state index < -0.39 is 0 Å². The molecule has 16 heavy (non-hydrogen) atoms. The minimum atomic E-state index is 0.216. The molecule has 1 aliphatic heterocycles. The van der Waals surface area contributed by atoms with Gasteiger partial charge in [0, 0.05) is 24.6 Å². The van der Waals surface area contributed by atoms with Gasteiger partial charge in [0.1, 0.15) is 0 Å². The van der Waals surface area contributed by atoms with Crippen molar-refractivity contribution >= 4 is 0 Å². The lowest BCUT2D eigenvalue weighted by Crippen LogP contribution is -2.43. The molecule has 0 aromatic heterocycles. The number of nitrogens with one attached hydrogen (secondary N) is 1. The van der Waals surface area contributed by atoms with Crippen LogP contribution in [0, 0.1) is 5.92 Å². The molecule has 0 aromatic carbocycles.